The van der Waals surface area contributed by atoms with E-state index in [-0.39, 0.29) is 23.7 Å². The number of rotatable bonds is 9. The Hall–Kier alpha value is -2.40. The van der Waals surface area contributed by atoms with Crippen LogP contribution in [0.25, 0.3) is 0 Å². The number of carbonyl (C=O) groups excluding carboxylic acids is 1. The summed E-state index contributed by atoms with van der Waals surface area (Å²) in [5, 5.41) is 3.01. The molecule has 4 nitrogen and oxygen atoms in total. The Balaban J connectivity index is 1.96. The Kier molecular flexibility index (Phi) is 7.80. The van der Waals surface area contributed by atoms with Crippen LogP contribution in [0.3, 0.4) is 0 Å². The van der Waals surface area contributed by atoms with Gasteiger partial charge in [-0.1, -0.05) is 37.3 Å². The van der Waals surface area contributed by atoms with Crippen LogP contribution in [0.5, 0.6) is 5.75 Å². The van der Waals surface area contributed by atoms with Crippen LogP contribution in [0.2, 0.25) is 0 Å². The zero-order valence-electron chi connectivity index (χ0n) is 16.5. The number of ether oxygens (including phenoxy) is 1. The van der Waals surface area contributed by atoms with Crippen molar-refractivity contribution >= 4 is 5.91 Å². The van der Waals surface area contributed by atoms with Gasteiger partial charge in [-0.25, -0.2) is 4.39 Å². The summed E-state index contributed by atoms with van der Waals surface area (Å²) >= 11 is 0. The predicted molar refractivity (Wildman–Crippen MR) is 106 cm³/mol. The number of hydrogen-bond donors (Lipinski definition) is 1. The molecule has 2 aromatic rings. The van der Waals surface area contributed by atoms with E-state index in [0.717, 1.165) is 11.3 Å². The van der Waals surface area contributed by atoms with E-state index in [1.54, 1.807) is 18.2 Å². The molecule has 2 unspecified atom stereocenters. The van der Waals surface area contributed by atoms with Crippen LogP contribution in [0.1, 0.15) is 31.0 Å². The predicted octanol–water partition coefficient (Wildman–Crippen LogP) is 3.82. The van der Waals surface area contributed by atoms with Crippen molar-refractivity contribution in [2.24, 2.45) is 5.92 Å². The molecule has 0 aromatic heterocycles. The first-order valence-electron chi connectivity index (χ1n) is 9.32. The first kappa shape index (κ1) is 20.9. The lowest BCUT2D eigenvalue weighted by atomic mass is 9.99. The molecule has 0 saturated carbocycles. The maximum absolute atomic E-state index is 13.8. The second kappa shape index (κ2) is 10.1. The van der Waals surface area contributed by atoms with Crippen molar-refractivity contribution in [3.8, 4) is 5.75 Å². The minimum atomic E-state index is -0.301. The van der Waals surface area contributed by atoms with E-state index in [1.807, 2.05) is 52.2 Å². The van der Waals surface area contributed by atoms with E-state index in [1.165, 1.54) is 6.07 Å². The first-order chi connectivity index (χ1) is 12.9. The van der Waals surface area contributed by atoms with Gasteiger partial charge in [-0.2, -0.15) is 0 Å². The molecule has 27 heavy (non-hydrogen) atoms. The molecule has 1 N–H and O–H groups in total. The third kappa shape index (κ3) is 6.07. The van der Waals surface area contributed by atoms with Crippen molar-refractivity contribution < 1.29 is 13.9 Å². The van der Waals surface area contributed by atoms with Gasteiger partial charge in [-0.3, -0.25) is 4.79 Å². The fraction of sp³-hybridized carbons (Fsp3) is 0.409. The van der Waals surface area contributed by atoms with Crippen molar-refractivity contribution in [3.05, 3.63) is 65.5 Å². The van der Waals surface area contributed by atoms with Crippen molar-refractivity contribution in [2.45, 2.75) is 26.3 Å². The smallest absolute Gasteiger partial charge is 0.223 e. The summed E-state index contributed by atoms with van der Waals surface area (Å²) in [6.45, 7) is 4.89. The largest absolute Gasteiger partial charge is 0.494 e. The van der Waals surface area contributed by atoms with Crippen LogP contribution >= 0.6 is 0 Å². The van der Waals surface area contributed by atoms with Gasteiger partial charge in [0.25, 0.3) is 0 Å². The van der Waals surface area contributed by atoms with Gasteiger partial charge in [0, 0.05) is 12.5 Å². The molecule has 0 aliphatic carbocycles. The summed E-state index contributed by atoms with van der Waals surface area (Å²) in [5.41, 5.74) is 1.67. The lowest BCUT2D eigenvalue weighted by Gasteiger charge is -2.26. The fourth-order valence-corrected chi connectivity index (χ4v) is 3.01. The van der Waals surface area contributed by atoms with Crippen molar-refractivity contribution in [2.75, 3.05) is 27.2 Å². The van der Waals surface area contributed by atoms with E-state index in [4.69, 9.17) is 4.74 Å². The molecule has 0 aliphatic rings. The number of likely N-dealkylation sites (N-methyl/N-ethyl adjacent to an activating group) is 1. The van der Waals surface area contributed by atoms with E-state index in [2.05, 4.69) is 10.2 Å². The molecule has 5 heteroatoms. The Bertz CT molecular complexity index is 731. The quantitative estimate of drug-likeness (QED) is 0.728. The van der Waals surface area contributed by atoms with Crippen LogP contribution in [-0.2, 0) is 11.2 Å². The molecule has 0 bridgehead atoms. The van der Waals surface area contributed by atoms with Crippen LogP contribution in [0, 0.1) is 11.7 Å². The molecule has 0 saturated heterocycles. The highest BCUT2D eigenvalue weighted by atomic mass is 19.1. The zero-order valence-corrected chi connectivity index (χ0v) is 16.5. The standard InChI is InChI=1S/C22H29FN2O2/c1-5-27-19-12-10-17(11-13-19)21(25(3)4)15-24-22(26)16(2)14-18-8-6-7-9-20(18)23/h6-13,16,21H,5,14-15H2,1-4H3,(H,24,26). The highest BCUT2D eigenvalue weighted by molar-refractivity contribution is 5.78. The lowest BCUT2D eigenvalue weighted by molar-refractivity contribution is -0.124. The minimum absolute atomic E-state index is 0.0466. The van der Waals surface area contributed by atoms with Gasteiger partial charge < -0.3 is 15.0 Å². The molecule has 2 atom stereocenters. The Labute approximate surface area is 161 Å². The monoisotopic (exact) mass is 372 g/mol. The summed E-state index contributed by atoms with van der Waals surface area (Å²) in [4.78, 5) is 14.6. The topological polar surface area (TPSA) is 41.6 Å². The van der Waals surface area contributed by atoms with E-state index in [9.17, 15) is 9.18 Å². The Morgan fingerprint density at radius 3 is 2.41 bits per heavy atom. The van der Waals surface area contributed by atoms with Crippen LogP contribution < -0.4 is 10.1 Å². The molecular formula is C22H29FN2O2. The minimum Gasteiger partial charge on any atom is -0.494 e. The number of carbonyl (C=O) groups is 1. The number of nitrogens with one attached hydrogen (secondary N) is 1. The molecule has 2 aromatic carbocycles. The van der Waals surface area contributed by atoms with Crippen molar-refractivity contribution in [1.29, 1.82) is 0 Å². The number of benzene rings is 2. The molecule has 146 valence electrons. The van der Waals surface area contributed by atoms with Crippen molar-refractivity contribution in [3.63, 3.8) is 0 Å². The summed E-state index contributed by atoms with van der Waals surface area (Å²) < 4.78 is 19.3. The van der Waals surface area contributed by atoms with E-state index < -0.39 is 0 Å². The number of amides is 1. The highest BCUT2D eigenvalue weighted by Gasteiger charge is 2.19. The zero-order chi connectivity index (χ0) is 19.8. The molecule has 0 spiro atoms. The Morgan fingerprint density at radius 1 is 1.15 bits per heavy atom. The second-order valence-corrected chi connectivity index (χ2v) is 6.92. The van der Waals surface area contributed by atoms with Gasteiger partial charge in [0.1, 0.15) is 11.6 Å². The van der Waals surface area contributed by atoms with Gasteiger partial charge in [0.15, 0.2) is 0 Å². The average Bonchev–Trinajstić information content (AvgIpc) is 2.65. The van der Waals surface area contributed by atoms with Gasteiger partial charge >= 0.3 is 0 Å². The van der Waals surface area contributed by atoms with Crippen molar-refractivity contribution in [1.82, 2.24) is 10.2 Å². The summed E-state index contributed by atoms with van der Waals surface area (Å²) in [6.07, 6.45) is 0.383. The SMILES string of the molecule is CCOc1ccc(C(CNC(=O)C(C)Cc2ccccc2F)N(C)C)cc1. The summed E-state index contributed by atoms with van der Waals surface area (Å²) in [7, 11) is 3.96. The van der Waals surface area contributed by atoms with E-state index >= 15 is 0 Å². The number of nitrogens with zero attached hydrogens (tertiary/aromatic N) is 1. The maximum Gasteiger partial charge on any atom is 0.223 e. The normalized spacial score (nSPS) is 13.3. The maximum atomic E-state index is 13.8. The van der Waals surface area contributed by atoms with Crippen LogP contribution in [0.15, 0.2) is 48.5 Å². The molecule has 0 heterocycles. The molecule has 0 radical (unpaired) electrons. The summed E-state index contributed by atoms with van der Waals surface area (Å²) in [5.74, 6) is 0.195. The molecule has 1 amide bonds. The molecular weight excluding hydrogens is 343 g/mol. The first-order valence-corrected chi connectivity index (χ1v) is 9.32. The third-order valence-electron chi connectivity index (χ3n) is 4.60. The molecule has 0 aliphatic heterocycles. The number of halogens is 1. The number of hydrogen-bond acceptors (Lipinski definition) is 3. The highest BCUT2D eigenvalue weighted by Crippen LogP contribution is 2.21. The fourth-order valence-electron chi connectivity index (χ4n) is 3.01. The molecule has 0 fully saturated rings. The second-order valence-electron chi connectivity index (χ2n) is 6.92. The van der Waals surface area contributed by atoms with Crippen LogP contribution in [-0.4, -0.2) is 38.1 Å². The lowest BCUT2D eigenvalue weighted by Crippen LogP contribution is -2.37. The van der Waals surface area contributed by atoms with Gasteiger partial charge in [-0.15, -0.1) is 0 Å². The van der Waals surface area contributed by atoms with E-state index in [0.29, 0.717) is 25.1 Å². The Morgan fingerprint density at radius 2 is 1.81 bits per heavy atom. The third-order valence-corrected chi connectivity index (χ3v) is 4.60. The average molecular weight is 372 g/mol. The van der Waals surface area contributed by atoms with Gasteiger partial charge in [0.05, 0.1) is 12.6 Å². The van der Waals surface area contributed by atoms with Crippen LogP contribution in [0.4, 0.5) is 4.39 Å². The summed E-state index contributed by atoms with van der Waals surface area (Å²) in [6, 6.07) is 14.6. The molecule has 2 rings (SSSR count). The van der Waals surface area contributed by atoms with Gasteiger partial charge in [0.2, 0.25) is 5.91 Å². The van der Waals surface area contributed by atoms with Gasteiger partial charge in [-0.05, 0) is 56.8 Å².